The van der Waals surface area contributed by atoms with Crippen molar-refractivity contribution in [2.24, 2.45) is 0 Å². The van der Waals surface area contributed by atoms with E-state index in [9.17, 15) is 4.79 Å². The Morgan fingerprint density at radius 1 is 1.41 bits per heavy atom. The van der Waals surface area contributed by atoms with Crippen LogP contribution in [0.15, 0.2) is 30.3 Å². The monoisotopic (exact) mass is 246 g/mol. The van der Waals surface area contributed by atoms with E-state index in [-0.39, 0.29) is 11.5 Å². The van der Waals surface area contributed by atoms with Crippen LogP contribution < -0.4 is 0 Å². The van der Waals surface area contributed by atoms with E-state index < -0.39 is 0 Å². The fourth-order valence-corrected chi connectivity index (χ4v) is 1.83. The van der Waals surface area contributed by atoms with E-state index in [0.717, 1.165) is 17.0 Å². The number of thiol groups is 1. The highest BCUT2D eigenvalue weighted by molar-refractivity contribution is 7.81. The van der Waals surface area contributed by atoms with Crippen LogP contribution in [-0.2, 0) is 11.2 Å². The van der Waals surface area contributed by atoms with Gasteiger partial charge in [0.2, 0.25) is 0 Å². The second kappa shape index (κ2) is 5.19. The van der Waals surface area contributed by atoms with E-state index in [1.807, 2.05) is 37.3 Å². The van der Waals surface area contributed by atoms with Crippen LogP contribution in [0.25, 0.3) is 11.3 Å². The zero-order valence-corrected chi connectivity index (χ0v) is 10.5. The van der Waals surface area contributed by atoms with Gasteiger partial charge in [0.05, 0.1) is 5.69 Å². The van der Waals surface area contributed by atoms with Gasteiger partial charge in [0.15, 0.2) is 0 Å². The predicted octanol–water partition coefficient (Wildman–Crippen LogP) is 2.43. The number of hydrogen-bond acceptors (Lipinski definition) is 3. The van der Waals surface area contributed by atoms with Crippen LogP contribution in [-0.4, -0.2) is 21.7 Å². The summed E-state index contributed by atoms with van der Waals surface area (Å²) in [6.45, 7) is 2.04. The number of nitrogens with one attached hydrogen (secondary N) is 1. The molecule has 0 fully saturated rings. The number of rotatable bonds is 4. The Hall–Kier alpha value is -1.55. The normalized spacial score (nSPS) is 10.5. The van der Waals surface area contributed by atoms with Gasteiger partial charge in [0.1, 0.15) is 5.78 Å². The molecule has 0 saturated carbocycles. The molecule has 1 aromatic carbocycles. The zero-order chi connectivity index (χ0) is 12.3. The van der Waals surface area contributed by atoms with Crippen molar-refractivity contribution >= 4 is 18.4 Å². The Kier molecular flexibility index (Phi) is 3.64. The number of hydrogen-bond donors (Lipinski definition) is 2. The van der Waals surface area contributed by atoms with Crippen LogP contribution in [0.4, 0.5) is 0 Å². The molecule has 0 aliphatic rings. The van der Waals surface area contributed by atoms with Crippen molar-refractivity contribution in [3.05, 3.63) is 41.6 Å². The van der Waals surface area contributed by atoms with E-state index in [4.69, 9.17) is 0 Å². The lowest BCUT2D eigenvalue weighted by atomic mass is 10.1. The minimum absolute atomic E-state index is 0.0910. The molecule has 0 amide bonds. The highest BCUT2D eigenvalue weighted by atomic mass is 32.1. The fourth-order valence-electron chi connectivity index (χ4n) is 1.72. The Bertz CT molecular complexity index is 534. The lowest BCUT2D eigenvalue weighted by molar-refractivity contribution is -0.116. The number of carbonyl (C=O) groups excluding carboxylic acids is 1. The first kappa shape index (κ1) is 11.9. The number of ketones is 1. The molecule has 0 unspecified atom stereocenters. The minimum Gasteiger partial charge on any atom is -0.298 e. The van der Waals surface area contributed by atoms with Crippen LogP contribution in [0.3, 0.4) is 0 Å². The summed E-state index contributed by atoms with van der Waals surface area (Å²) in [5, 5.41) is 7.12. The molecule has 88 valence electrons. The number of H-pyrrole nitrogens is 1. The molecule has 0 aliphatic heterocycles. The summed E-state index contributed by atoms with van der Waals surface area (Å²) in [7, 11) is 0. The van der Waals surface area contributed by atoms with Gasteiger partial charge in [0, 0.05) is 23.4 Å². The largest absolute Gasteiger partial charge is 0.298 e. The third-order valence-corrected chi connectivity index (χ3v) is 2.97. The highest BCUT2D eigenvalue weighted by Gasteiger charge is 2.08. The lowest BCUT2D eigenvalue weighted by Crippen LogP contribution is -2.03. The third kappa shape index (κ3) is 2.77. The number of nitrogens with zero attached hydrogens (tertiary/aromatic N) is 1. The first-order chi connectivity index (χ1) is 8.20. The fraction of sp³-hybridized carbons (Fsp3) is 0.231. The van der Waals surface area contributed by atoms with Crippen molar-refractivity contribution < 1.29 is 4.79 Å². The third-order valence-electron chi connectivity index (χ3n) is 2.62. The molecule has 2 aromatic rings. The van der Waals surface area contributed by atoms with Crippen molar-refractivity contribution in [3.8, 4) is 11.3 Å². The Morgan fingerprint density at radius 3 is 2.88 bits per heavy atom. The number of benzene rings is 1. The summed E-state index contributed by atoms with van der Waals surface area (Å²) >= 11 is 3.96. The topological polar surface area (TPSA) is 45.8 Å². The lowest BCUT2D eigenvalue weighted by Gasteiger charge is -1.99. The molecule has 17 heavy (non-hydrogen) atoms. The van der Waals surface area contributed by atoms with Gasteiger partial charge in [-0.3, -0.25) is 9.89 Å². The summed E-state index contributed by atoms with van der Waals surface area (Å²) < 4.78 is 0. The van der Waals surface area contributed by atoms with E-state index >= 15 is 0 Å². The van der Waals surface area contributed by atoms with Gasteiger partial charge >= 0.3 is 0 Å². The van der Waals surface area contributed by atoms with Crippen molar-refractivity contribution in [3.63, 3.8) is 0 Å². The average molecular weight is 246 g/mol. The second-order valence-electron chi connectivity index (χ2n) is 3.97. The number of carbonyl (C=O) groups is 1. The molecule has 0 spiro atoms. The molecule has 0 atom stereocenters. The summed E-state index contributed by atoms with van der Waals surface area (Å²) in [5.41, 5.74) is 3.98. The summed E-state index contributed by atoms with van der Waals surface area (Å²) in [5.74, 6) is 0.354. The Morgan fingerprint density at radius 2 is 2.18 bits per heavy atom. The molecule has 0 aliphatic carbocycles. The van der Waals surface area contributed by atoms with E-state index in [0.29, 0.717) is 6.42 Å². The van der Waals surface area contributed by atoms with E-state index in [1.54, 1.807) is 0 Å². The molecule has 2 rings (SSSR count). The zero-order valence-electron chi connectivity index (χ0n) is 9.60. The molecule has 4 heteroatoms. The number of aromatic amines is 1. The van der Waals surface area contributed by atoms with Crippen LogP contribution >= 0.6 is 12.6 Å². The van der Waals surface area contributed by atoms with Crippen molar-refractivity contribution in [2.45, 2.75) is 13.3 Å². The van der Waals surface area contributed by atoms with Crippen molar-refractivity contribution in [2.75, 3.05) is 5.75 Å². The van der Waals surface area contributed by atoms with Crippen LogP contribution in [0.1, 0.15) is 11.3 Å². The van der Waals surface area contributed by atoms with Crippen LogP contribution in [0.5, 0.6) is 0 Å². The van der Waals surface area contributed by atoms with E-state index in [1.165, 1.54) is 5.56 Å². The van der Waals surface area contributed by atoms with Gasteiger partial charge in [-0.1, -0.05) is 24.3 Å². The molecule has 0 saturated heterocycles. The van der Waals surface area contributed by atoms with Gasteiger partial charge in [-0.2, -0.15) is 17.7 Å². The summed E-state index contributed by atoms with van der Waals surface area (Å²) in [4.78, 5) is 11.3. The molecular weight excluding hydrogens is 232 g/mol. The van der Waals surface area contributed by atoms with Crippen LogP contribution in [0, 0.1) is 6.92 Å². The standard InChI is InChI=1S/C13H14N2OS/c1-9-4-2-3-5-12(9)13-7-10(14-15-13)6-11(16)8-17/h2-5,7,17H,6,8H2,1H3,(H,14,15). The quantitative estimate of drug-likeness (QED) is 0.814. The van der Waals surface area contributed by atoms with Crippen LogP contribution in [0.2, 0.25) is 0 Å². The molecule has 0 bridgehead atoms. The first-order valence-corrected chi connectivity index (χ1v) is 6.07. The van der Waals surface area contributed by atoms with Gasteiger partial charge < -0.3 is 0 Å². The maximum atomic E-state index is 11.3. The Labute approximate surface area is 106 Å². The van der Waals surface area contributed by atoms with Crippen molar-refractivity contribution in [1.82, 2.24) is 10.2 Å². The smallest absolute Gasteiger partial charge is 0.148 e. The SMILES string of the molecule is Cc1ccccc1-c1cc(CC(=O)CS)[nH]n1. The molecule has 0 radical (unpaired) electrons. The number of aromatic nitrogens is 2. The number of aryl methyl sites for hydroxylation is 1. The molecule has 1 N–H and O–H groups in total. The molecule has 3 nitrogen and oxygen atoms in total. The first-order valence-electron chi connectivity index (χ1n) is 5.43. The van der Waals surface area contributed by atoms with Crippen molar-refractivity contribution in [1.29, 1.82) is 0 Å². The van der Waals surface area contributed by atoms with E-state index in [2.05, 4.69) is 22.8 Å². The Balaban J connectivity index is 2.24. The second-order valence-corrected chi connectivity index (χ2v) is 4.28. The van der Waals surface area contributed by atoms with Gasteiger partial charge in [-0.25, -0.2) is 0 Å². The summed E-state index contributed by atoms with van der Waals surface area (Å²) in [6, 6.07) is 9.97. The summed E-state index contributed by atoms with van der Waals surface area (Å²) in [6.07, 6.45) is 0.363. The highest BCUT2D eigenvalue weighted by Crippen LogP contribution is 2.21. The van der Waals surface area contributed by atoms with Gasteiger partial charge in [-0.15, -0.1) is 0 Å². The minimum atomic E-state index is 0.0910. The molecule has 1 heterocycles. The number of Topliss-reactive ketones (excluding diaryl/α,β-unsaturated/α-hetero) is 1. The maximum absolute atomic E-state index is 11.3. The molecular formula is C13H14N2OS. The maximum Gasteiger partial charge on any atom is 0.148 e. The predicted molar refractivity (Wildman–Crippen MR) is 71.3 cm³/mol. The van der Waals surface area contributed by atoms with Gasteiger partial charge in [0.25, 0.3) is 0 Å². The average Bonchev–Trinajstić information content (AvgIpc) is 2.78. The van der Waals surface area contributed by atoms with Gasteiger partial charge in [-0.05, 0) is 18.6 Å². The molecule has 1 aromatic heterocycles.